The molecule has 0 aromatic heterocycles. The molecule has 26 heavy (non-hydrogen) atoms. The summed E-state index contributed by atoms with van der Waals surface area (Å²) in [6.45, 7) is 8.77. The Balaban J connectivity index is 2.60. The lowest BCUT2D eigenvalue weighted by molar-refractivity contribution is -0.113. The Morgan fingerprint density at radius 1 is 0.923 bits per heavy atom. The molecule has 0 saturated carbocycles. The lowest BCUT2D eigenvalue weighted by Crippen LogP contribution is -2.67. The van der Waals surface area contributed by atoms with E-state index >= 15 is 0 Å². The highest BCUT2D eigenvalue weighted by molar-refractivity contribution is 6.99. The van der Waals surface area contributed by atoms with Gasteiger partial charge in [0.15, 0.2) is 0 Å². The van der Waals surface area contributed by atoms with E-state index in [1.54, 1.807) is 0 Å². The summed E-state index contributed by atoms with van der Waals surface area (Å²) in [6, 6.07) is 20.9. The van der Waals surface area contributed by atoms with Gasteiger partial charge in [-0.3, -0.25) is 0 Å². The molecule has 3 heteroatoms. The fourth-order valence-corrected chi connectivity index (χ4v) is 8.07. The molecule has 0 radical (unpaired) electrons. The predicted octanol–water partition coefficient (Wildman–Crippen LogP) is 4.49. The Morgan fingerprint density at radius 3 is 1.81 bits per heavy atom. The molecule has 2 aromatic carbocycles. The summed E-state index contributed by atoms with van der Waals surface area (Å²) < 4.78 is 6.79. The van der Waals surface area contributed by atoms with Crippen LogP contribution in [0.1, 0.15) is 40.5 Å². The van der Waals surface area contributed by atoms with Crippen LogP contribution in [0.3, 0.4) is 0 Å². The smallest absolute Gasteiger partial charge is 0.262 e. The number of hydrogen-bond donors (Lipinski definition) is 0. The number of benzene rings is 2. The molecule has 0 N–H and O–H groups in total. The minimum atomic E-state index is -2.66. The largest absolute Gasteiger partial charge is 0.397 e. The first kappa shape index (κ1) is 20.3. The molecule has 0 spiro atoms. The normalized spacial score (nSPS) is 13.7. The molecule has 0 fully saturated rings. The fraction of sp³-hybridized carbons (Fsp3) is 0.348. The van der Waals surface area contributed by atoms with Crippen LogP contribution in [0, 0.1) is 0 Å². The number of hydrogen-bond acceptors (Lipinski definition) is 2. The average molecular weight is 367 g/mol. The van der Waals surface area contributed by atoms with Crippen molar-refractivity contribution < 1.29 is 9.22 Å². The van der Waals surface area contributed by atoms with Crippen LogP contribution < -0.4 is 10.4 Å². The van der Waals surface area contributed by atoms with Crippen LogP contribution in [0.2, 0.25) is 5.04 Å². The Kier molecular flexibility index (Phi) is 7.12. The van der Waals surface area contributed by atoms with Crippen LogP contribution in [0.4, 0.5) is 0 Å². The van der Waals surface area contributed by atoms with Gasteiger partial charge in [0.05, 0.1) is 0 Å². The van der Waals surface area contributed by atoms with Crippen LogP contribution in [-0.4, -0.2) is 20.7 Å². The third-order valence-corrected chi connectivity index (χ3v) is 9.73. The Labute approximate surface area is 159 Å². The van der Waals surface area contributed by atoms with Crippen molar-refractivity contribution >= 4 is 25.0 Å². The molecule has 0 bridgehead atoms. The highest BCUT2D eigenvalue weighted by atomic mass is 28.4. The maximum atomic E-state index is 11.8. The van der Waals surface area contributed by atoms with E-state index in [-0.39, 0.29) is 5.04 Å². The first-order valence-electron chi connectivity index (χ1n) is 9.35. The minimum absolute atomic E-state index is 0.120. The van der Waals surface area contributed by atoms with Crippen LogP contribution >= 0.6 is 0 Å². The first-order valence-corrected chi connectivity index (χ1v) is 11.3. The van der Waals surface area contributed by atoms with E-state index < -0.39 is 14.4 Å². The van der Waals surface area contributed by atoms with Gasteiger partial charge >= 0.3 is 0 Å². The van der Waals surface area contributed by atoms with Crippen LogP contribution in [0.25, 0.3) is 0 Å². The molecule has 2 rings (SSSR count). The fourth-order valence-electron chi connectivity index (χ4n) is 3.45. The van der Waals surface area contributed by atoms with E-state index in [9.17, 15) is 4.79 Å². The maximum Gasteiger partial charge on any atom is 0.262 e. The van der Waals surface area contributed by atoms with Gasteiger partial charge in [0, 0.05) is 0 Å². The van der Waals surface area contributed by atoms with Gasteiger partial charge in [-0.25, -0.2) is 0 Å². The summed E-state index contributed by atoms with van der Waals surface area (Å²) in [7, 11) is -2.66. The Bertz CT molecular complexity index is 662. The second-order valence-electron chi connectivity index (χ2n) is 7.57. The summed E-state index contributed by atoms with van der Waals surface area (Å²) >= 11 is 0. The molecule has 0 saturated heterocycles. The molecule has 0 aliphatic rings. The van der Waals surface area contributed by atoms with E-state index in [0.717, 1.165) is 12.7 Å². The van der Waals surface area contributed by atoms with Gasteiger partial charge < -0.3 is 9.22 Å². The van der Waals surface area contributed by atoms with Gasteiger partial charge in [0.2, 0.25) is 0 Å². The van der Waals surface area contributed by atoms with Gasteiger partial charge in [-0.2, -0.15) is 0 Å². The van der Waals surface area contributed by atoms with E-state index in [0.29, 0.717) is 6.42 Å². The van der Waals surface area contributed by atoms with Crippen molar-refractivity contribution in [3.8, 4) is 0 Å². The van der Waals surface area contributed by atoms with Gasteiger partial charge in [0.25, 0.3) is 8.32 Å². The summed E-state index contributed by atoms with van der Waals surface area (Å²) in [5.74, 6) is 0. The standard InChI is InChI=1S/C23H30O2Si/c1-5-6-9-14-20(19-24)25-26(23(2,3)4,21-15-10-7-11-16-21)22-17-12-8-13-18-22/h6-13,15-20H,5,14H2,1-4H3/b9-6+. The van der Waals surface area contributed by atoms with E-state index in [2.05, 4.69) is 88.4 Å². The van der Waals surface area contributed by atoms with Gasteiger partial charge in [-0.15, -0.1) is 0 Å². The van der Waals surface area contributed by atoms with Crippen molar-refractivity contribution in [2.75, 3.05) is 0 Å². The third-order valence-electron chi connectivity index (χ3n) is 4.67. The predicted molar refractivity (Wildman–Crippen MR) is 113 cm³/mol. The molecule has 0 amide bonds. The topological polar surface area (TPSA) is 26.3 Å². The molecule has 0 aliphatic heterocycles. The highest BCUT2D eigenvalue weighted by Crippen LogP contribution is 2.37. The molecule has 0 heterocycles. The highest BCUT2D eigenvalue weighted by Gasteiger charge is 2.51. The van der Waals surface area contributed by atoms with Gasteiger partial charge in [-0.05, 0) is 28.3 Å². The van der Waals surface area contributed by atoms with Crippen LogP contribution in [-0.2, 0) is 9.22 Å². The molecule has 2 aromatic rings. The molecule has 1 unspecified atom stereocenters. The lowest BCUT2D eigenvalue weighted by Gasteiger charge is -2.44. The molecule has 0 aliphatic carbocycles. The van der Waals surface area contributed by atoms with Crippen LogP contribution in [0.5, 0.6) is 0 Å². The quantitative estimate of drug-likeness (QED) is 0.391. The van der Waals surface area contributed by atoms with Crippen molar-refractivity contribution in [1.29, 1.82) is 0 Å². The number of carbonyl (C=O) groups excluding carboxylic acids is 1. The summed E-state index contributed by atoms with van der Waals surface area (Å²) in [6.07, 6.45) is 6.23. The monoisotopic (exact) mass is 366 g/mol. The van der Waals surface area contributed by atoms with Crippen molar-refractivity contribution in [3.05, 3.63) is 72.8 Å². The first-order chi connectivity index (χ1) is 12.5. The summed E-state index contributed by atoms with van der Waals surface area (Å²) in [5, 5.41) is 2.28. The molecule has 2 nitrogen and oxygen atoms in total. The third kappa shape index (κ3) is 4.40. The van der Waals surface area contributed by atoms with Crippen molar-refractivity contribution in [2.45, 2.75) is 51.7 Å². The van der Waals surface area contributed by atoms with Crippen molar-refractivity contribution in [2.24, 2.45) is 0 Å². The molecule has 1 atom stereocenters. The van der Waals surface area contributed by atoms with E-state index in [1.807, 2.05) is 12.1 Å². The molecule has 138 valence electrons. The molecular weight excluding hydrogens is 336 g/mol. The maximum absolute atomic E-state index is 11.8. The van der Waals surface area contributed by atoms with E-state index in [4.69, 9.17) is 4.43 Å². The lowest BCUT2D eigenvalue weighted by atomic mass is 10.2. The number of carbonyl (C=O) groups is 1. The minimum Gasteiger partial charge on any atom is -0.397 e. The van der Waals surface area contributed by atoms with Gasteiger partial charge in [-0.1, -0.05) is 101 Å². The number of rotatable bonds is 8. The second kappa shape index (κ2) is 9.11. The number of aldehydes is 1. The van der Waals surface area contributed by atoms with Crippen LogP contribution in [0.15, 0.2) is 72.8 Å². The van der Waals surface area contributed by atoms with Crippen molar-refractivity contribution in [1.82, 2.24) is 0 Å². The zero-order valence-corrected chi connectivity index (χ0v) is 17.3. The average Bonchev–Trinajstić information content (AvgIpc) is 2.65. The summed E-state index contributed by atoms with van der Waals surface area (Å²) in [5.41, 5.74) is 0. The molecular formula is C23H30O2Si. The summed E-state index contributed by atoms with van der Waals surface area (Å²) in [4.78, 5) is 11.8. The van der Waals surface area contributed by atoms with E-state index in [1.165, 1.54) is 10.4 Å². The SMILES string of the molecule is CC/C=C/CC(C=O)O[Si](c1ccccc1)(c1ccccc1)C(C)(C)C. The Morgan fingerprint density at radius 2 is 1.42 bits per heavy atom. The number of allylic oxidation sites excluding steroid dienone is 1. The zero-order valence-electron chi connectivity index (χ0n) is 16.3. The Hall–Kier alpha value is -1.97. The second-order valence-corrected chi connectivity index (χ2v) is 11.8. The van der Waals surface area contributed by atoms with Crippen molar-refractivity contribution in [3.63, 3.8) is 0 Å². The van der Waals surface area contributed by atoms with Gasteiger partial charge in [0.1, 0.15) is 12.4 Å². The zero-order chi connectivity index (χ0) is 19.0.